The standard InChI is InChI=1S/C7H6F6O3/c1-4(15)3(14)2-5(16-4,6(8,9)10)7(11,12)13/h15H,2H2,1H3. The summed E-state index contributed by atoms with van der Waals surface area (Å²) in [4.78, 5) is 10.8. The van der Waals surface area contributed by atoms with Crippen LogP contribution >= 0.6 is 0 Å². The zero-order valence-electron chi connectivity index (χ0n) is 7.74. The Bertz CT molecular complexity index is 301. The summed E-state index contributed by atoms with van der Waals surface area (Å²) in [7, 11) is 0. The number of ether oxygens (including phenoxy) is 1. The van der Waals surface area contributed by atoms with Crippen molar-refractivity contribution in [3.63, 3.8) is 0 Å². The molecule has 9 heteroatoms. The van der Waals surface area contributed by atoms with Gasteiger partial charge in [0.1, 0.15) is 0 Å². The van der Waals surface area contributed by atoms with Crippen LogP contribution in [0.2, 0.25) is 0 Å². The van der Waals surface area contributed by atoms with Crippen molar-refractivity contribution in [3.05, 3.63) is 0 Å². The average molecular weight is 252 g/mol. The van der Waals surface area contributed by atoms with E-state index in [0.29, 0.717) is 6.92 Å². The molecule has 1 aliphatic rings. The minimum Gasteiger partial charge on any atom is -0.360 e. The first-order valence-corrected chi connectivity index (χ1v) is 3.93. The third-order valence-corrected chi connectivity index (χ3v) is 2.22. The van der Waals surface area contributed by atoms with Gasteiger partial charge in [-0.05, 0) is 6.92 Å². The molecule has 0 aromatic carbocycles. The van der Waals surface area contributed by atoms with Gasteiger partial charge in [-0.25, -0.2) is 0 Å². The van der Waals surface area contributed by atoms with Gasteiger partial charge >= 0.3 is 12.4 Å². The topological polar surface area (TPSA) is 46.5 Å². The Kier molecular flexibility index (Phi) is 2.56. The molecule has 16 heavy (non-hydrogen) atoms. The van der Waals surface area contributed by atoms with E-state index >= 15 is 0 Å². The molecular formula is C7H6F6O3. The molecule has 94 valence electrons. The lowest BCUT2D eigenvalue weighted by Gasteiger charge is -2.33. The second-order valence-electron chi connectivity index (χ2n) is 3.51. The Labute approximate surface area is 85.0 Å². The Balaban J connectivity index is 3.28. The van der Waals surface area contributed by atoms with Crippen molar-refractivity contribution in [3.8, 4) is 0 Å². The predicted molar refractivity (Wildman–Crippen MR) is 36.2 cm³/mol. The molecule has 1 rings (SSSR count). The van der Waals surface area contributed by atoms with Crippen LogP contribution in [0.5, 0.6) is 0 Å². The number of hydrogen-bond donors (Lipinski definition) is 1. The molecule has 3 nitrogen and oxygen atoms in total. The van der Waals surface area contributed by atoms with Crippen molar-refractivity contribution in [1.29, 1.82) is 0 Å². The maximum Gasteiger partial charge on any atom is 0.427 e. The van der Waals surface area contributed by atoms with Crippen molar-refractivity contribution >= 4 is 5.78 Å². The van der Waals surface area contributed by atoms with E-state index in [9.17, 15) is 31.1 Å². The van der Waals surface area contributed by atoms with Crippen molar-refractivity contribution in [1.82, 2.24) is 0 Å². The second kappa shape index (κ2) is 3.10. The molecule has 0 aliphatic carbocycles. The number of hydrogen-bond acceptors (Lipinski definition) is 3. The van der Waals surface area contributed by atoms with Gasteiger partial charge in [0.2, 0.25) is 5.79 Å². The van der Waals surface area contributed by atoms with E-state index in [-0.39, 0.29) is 0 Å². The molecule has 1 heterocycles. The number of ketones is 1. The lowest BCUT2D eigenvalue weighted by atomic mass is 9.97. The highest BCUT2D eigenvalue weighted by Gasteiger charge is 2.78. The Morgan fingerprint density at radius 2 is 1.56 bits per heavy atom. The molecule has 0 saturated carbocycles. The largest absolute Gasteiger partial charge is 0.427 e. The van der Waals surface area contributed by atoms with Crippen LogP contribution in [0, 0.1) is 0 Å². The maximum absolute atomic E-state index is 12.3. The van der Waals surface area contributed by atoms with Crippen molar-refractivity contribution in [2.45, 2.75) is 37.1 Å². The van der Waals surface area contributed by atoms with Crippen LogP contribution in [0.25, 0.3) is 0 Å². The first-order chi connectivity index (χ1) is 6.83. The molecule has 1 unspecified atom stereocenters. The smallest absolute Gasteiger partial charge is 0.360 e. The maximum atomic E-state index is 12.3. The lowest BCUT2D eigenvalue weighted by molar-refractivity contribution is -0.398. The van der Waals surface area contributed by atoms with Gasteiger partial charge in [0.05, 0.1) is 6.42 Å². The van der Waals surface area contributed by atoms with Gasteiger partial charge in [-0.15, -0.1) is 0 Å². The van der Waals surface area contributed by atoms with Gasteiger partial charge in [-0.2, -0.15) is 26.3 Å². The molecule has 1 fully saturated rings. The molecule has 1 aliphatic heterocycles. The summed E-state index contributed by atoms with van der Waals surface area (Å²) >= 11 is 0. The molecule has 0 aromatic rings. The summed E-state index contributed by atoms with van der Waals surface area (Å²) in [5.74, 6) is -4.74. The average Bonchev–Trinajstić information content (AvgIpc) is 2.21. The van der Waals surface area contributed by atoms with Crippen molar-refractivity contribution in [2.75, 3.05) is 0 Å². The van der Waals surface area contributed by atoms with E-state index in [1.165, 1.54) is 0 Å². The van der Waals surface area contributed by atoms with Crippen LogP contribution in [0.15, 0.2) is 0 Å². The predicted octanol–water partition coefficient (Wildman–Crippen LogP) is 1.55. The molecular weight excluding hydrogens is 246 g/mol. The number of rotatable bonds is 0. The zero-order chi connectivity index (χ0) is 13.0. The van der Waals surface area contributed by atoms with Crippen LogP contribution in [0.3, 0.4) is 0 Å². The fraction of sp³-hybridized carbons (Fsp3) is 0.857. The monoisotopic (exact) mass is 252 g/mol. The normalized spacial score (nSPS) is 30.9. The Morgan fingerprint density at radius 3 is 1.69 bits per heavy atom. The third-order valence-electron chi connectivity index (χ3n) is 2.22. The van der Waals surface area contributed by atoms with Crippen molar-refractivity contribution in [2.24, 2.45) is 0 Å². The SMILES string of the molecule is CC1(O)OC(C(F)(F)F)(C(F)(F)F)CC1=O. The van der Waals surface area contributed by atoms with Crippen LogP contribution in [-0.2, 0) is 9.53 Å². The lowest BCUT2D eigenvalue weighted by Crippen LogP contribution is -2.57. The summed E-state index contributed by atoms with van der Waals surface area (Å²) in [6, 6.07) is 0. The van der Waals surface area contributed by atoms with E-state index in [4.69, 9.17) is 5.11 Å². The minimum atomic E-state index is -5.83. The molecule has 0 bridgehead atoms. The van der Waals surface area contributed by atoms with E-state index < -0.39 is 35.9 Å². The Morgan fingerprint density at radius 1 is 1.19 bits per heavy atom. The number of carbonyl (C=O) groups is 1. The molecule has 0 radical (unpaired) electrons. The van der Waals surface area contributed by atoms with E-state index in [1.54, 1.807) is 0 Å². The van der Waals surface area contributed by atoms with Crippen LogP contribution in [0.4, 0.5) is 26.3 Å². The van der Waals surface area contributed by atoms with E-state index in [2.05, 4.69) is 4.74 Å². The highest BCUT2D eigenvalue weighted by atomic mass is 19.4. The fourth-order valence-electron chi connectivity index (χ4n) is 1.30. The summed E-state index contributed by atoms with van der Waals surface area (Å²) in [5, 5.41) is 8.95. The quantitative estimate of drug-likeness (QED) is 0.665. The molecule has 1 atom stereocenters. The first kappa shape index (κ1) is 13.2. The van der Waals surface area contributed by atoms with Crippen LogP contribution < -0.4 is 0 Å². The summed E-state index contributed by atoms with van der Waals surface area (Å²) < 4.78 is 77.5. The van der Waals surface area contributed by atoms with Gasteiger partial charge in [0.15, 0.2) is 5.78 Å². The van der Waals surface area contributed by atoms with Gasteiger partial charge in [-0.1, -0.05) is 0 Å². The highest BCUT2D eigenvalue weighted by molar-refractivity contribution is 5.88. The zero-order valence-corrected chi connectivity index (χ0v) is 7.74. The minimum absolute atomic E-state index is 0.439. The number of alkyl halides is 6. The number of Topliss-reactive ketones (excluding diaryl/α,β-unsaturated/α-hetero) is 1. The van der Waals surface area contributed by atoms with Crippen molar-refractivity contribution < 1.29 is 41.0 Å². The number of halogens is 6. The van der Waals surface area contributed by atoms with E-state index in [1.807, 2.05) is 0 Å². The number of aliphatic hydroxyl groups is 1. The first-order valence-electron chi connectivity index (χ1n) is 3.93. The van der Waals surface area contributed by atoms with Crippen LogP contribution in [0.1, 0.15) is 13.3 Å². The van der Waals surface area contributed by atoms with Gasteiger partial charge in [0.25, 0.3) is 5.60 Å². The summed E-state index contributed by atoms with van der Waals surface area (Å²) in [6.07, 6.45) is -13.6. The fourth-order valence-corrected chi connectivity index (χ4v) is 1.30. The van der Waals surface area contributed by atoms with Gasteiger partial charge in [-0.3, -0.25) is 4.79 Å². The Hall–Kier alpha value is -0.830. The summed E-state index contributed by atoms with van der Waals surface area (Å²) in [6.45, 7) is 0.439. The molecule has 0 aromatic heterocycles. The molecule has 0 amide bonds. The molecule has 0 spiro atoms. The van der Waals surface area contributed by atoms with Crippen LogP contribution in [-0.4, -0.2) is 34.6 Å². The van der Waals surface area contributed by atoms with E-state index in [0.717, 1.165) is 0 Å². The summed E-state index contributed by atoms with van der Waals surface area (Å²) in [5.41, 5.74) is -4.62. The highest BCUT2D eigenvalue weighted by Crippen LogP contribution is 2.53. The van der Waals surface area contributed by atoms with Gasteiger partial charge < -0.3 is 9.84 Å². The van der Waals surface area contributed by atoms with Gasteiger partial charge in [0, 0.05) is 0 Å². The number of carbonyl (C=O) groups excluding carboxylic acids is 1. The second-order valence-corrected chi connectivity index (χ2v) is 3.51. The third kappa shape index (κ3) is 1.67. The molecule has 1 N–H and O–H groups in total. The molecule has 1 saturated heterocycles.